The number of ether oxygens (including phenoxy) is 1. The second kappa shape index (κ2) is 6.75. The molecule has 0 radical (unpaired) electrons. The molecule has 4 nitrogen and oxygen atoms in total. The summed E-state index contributed by atoms with van der Waals surface area (Å²) in [4.78, 5) is 10.7. The Bertz CT molecular complexity index is 467. The molecule has 1 aliphatic carbocycles. The quantitative estimate of drug-likeness (QED) is 0.837. The summed E-state index contributed by atoms with van der Waals surface area (Å²) in [5.41, 5.74) is 8.20. The molecule has 1 atom stereocenters. The monoisotopic (exact) mass is 277 g/mol. The van der Waals surface area contributed by atoms with Gasteiger partial charge in [0.25, 0.3) is 0 Å². The molecular formula is C16H23NO3. The van der Waals surface area contributed by atoms with Crippen LogP contribution in [0, 0.1) is 6.92 Å². The number of hydrogen-bond donors (Lipinski definition) is 2. The first-order valence-electron chi connectivity index (χ1n) is 7.31. The van der Waals surface area contributed by atoms with E-state index in [0.717, 1.165) is 29.7 Å². The zero-order valence-electron chi connectivity index (χ0n) is 12.0. The van der Waals surface area contributed by atoms with Gasteiger partial charge in [0.05, 0.1) is 6.10 Å². The van der Waals surface area contributed by atoms with Crippen LogP contribution in [0.3, 0.4) is 0 Å². The van der Waals surface area contributed by atoms with Crippen molar-refractivity contribution >= 4 is 5.97 Å². The van der Waals surface area contributed by atoms with E-state index in [1.165, 1.54) is 12.8 Å². The second-order valence-corrected chi connectivity index (χ2v) is 5.55. The van der Waals surface area contributed by atoms with E-state index in [1.807, 2.05) is 25.1 Å². The number of carbonyl (C=O) groups is 1. The van der Waals surface area contributed by atoms with E-state index in [-0.39, 0.29) is 18.6 Å². The fraction of sp³-hybridized carbons (Fsp3) is 0.562. The summed E-state index contributed by atoms with van der Waals surface area (Å²) in [5.74, 6) is 0.0158. The minimum atomic E-state index is -0.813. The minimum absolute atomic E-state index is 0.0817. The summed E-state index contributed by atoms with van der Waals surface area (Å²) in [6, 6.07) is 5.62. The molecule has 4 heteroatoms. The zero-order valence-corrected chi connectivity index (χ0v) is 12.0. The number of hydrogen-bond acceptors (Lipinski definition) is 3. The molecule has 0 spiro atoms. The lowest BCUT2D eigenvalue weighted by molar-refractivity contribution is -0.137. The maximum Gasteiger partial charge on any atom is 0.303 e. The summed E-state index contributed by atoms with van der Waals surface area (Å²) in [7, 11) is 0. The summed E-state index contributed by atoms with van der Waals surface area (Å²) in [6.07, 6.45) is 5.42. The van der Waals surface area contributed by atoms with Gasteiger partial charge in [-0.25, -0.2) is 0 Å². The van der Waals surface area contributed by atoms with Crippen molar-refractivity contribution in [1.82, 2.24) is 0 Å². The van der Waals surface area contributed by atoms with Crippen molar-refractivity contribution in [2.75, 3.05) is 0 Å². The number of carboxylic acids is 1. The summed E-state index contributed by atoms with van der Waals surface area (Å²) >= 11 is 0. The summed E-state index contributed by atoms with van der Waals surface area (Å²) < 4.78 is 6.09. The van der Waals surface area contributed by atoms with E-state index in [0.29, 0.717) is 6.42 Å². The average Bonchev–Trinajstić information content (AvgIpc) is 2.89. The smallest absolute Gasteiger partial charge is 0.303 e. The van der Waals surface area contributed by atoms with Crippen molar-refractivity contribution < 1.29 is 14.6 Å². The highest BCUT2D eigenvalue weighted by Gasteiger charge is 2.21. The van der Waals surface area contributed by atoms with E-state index in [2.05, 4.69) is 0 Å². The van der Waals surface area contributed by atoms with Crippen LogP contribution in [0.15, 0.2) is 18.2 Å². The molecule has 0 aromatic heterocycles. The molecule has 1 saturated carbocycles. The van der Waals surface area contributed by atoms with E-state index in [1.54, 1.807) is 0 Å². The van der Waals surface area contributed by atoms with Crippen LogP contribution in [0.2, 0.25) is 0 Å². The van der Waals surface area contributed by atoms with Gasteiger partial charge in [0.1, 0.15) is 5.75 Å². The molecule has 0 saturated heterocycles. The third-order valence-corrected chi connectivity index (χ3v) is 3.92. The second-order valence-electron chi connectivity index (χ2n) is 5.55. The van der Waals surface area contributed by atoms with Crippen molar-refractivity contribution in [3.8, 4) is 5.75 Å². The van der Waals surface area contributed by atoms with Gasteiger partial charge in [-0.1, -0.05) is 12.1 Å². The highest BCUT2D eigenvalue weighted by atomic mass is 16.5. The van der Waals surface area contributed by atoms with Crippen LogP contribution in [0.1, 0.15) is 55.7 Å². The Morgan fingerprint density at radius 1 is 1.45 bits per heavy atom. The fourth-order valence-electron chi connectivity index (χ4n) is 2.84. The maximum atomic E-state index is 10.7. The number of carboxylic acid groups (broad SMARTS) is 1. The largest absolute Gasteiger partial charge is 0.490 e. The molecule has 1 aromatic carbocycles. The SMILES string of the molecule is Cc1cccc(OC2CCCC2)c1C(N)CCC(=O)O. The number of benzene rings is 1. The van der Waals surface area contributed by atoms with Crippen LogP contribution < -0.4 is 10.5 Å². The zero-order chi connectivity index (χ0) is 14.5. The molecule has 20 heavy (non-hydrogen) atoms. The Hall–Kier alpha value is -1.55. The summed E-state index contributed by atoms with van der Waals surface area (Å²) in [5, 5.41) is 8.79. The molecule has 3 N–H and O–H groups in total. The van der Waals surface area contributed by atoms with Crippen LogP contribution in [0.4, 0.5) is 0 Å². The van der Waals surface area contributed by atoms with Gasteiger partial charge in [0.2, 0.25) is 0 Å². The van der Waals surface area contributed by atoms with Gasteiger partial charge < -0.3 is 15.6 Å². The Morgan fingerprint density at radius 2 is 2.15 bits per heavy atom. The maximum absolute atomic E-state index is 10.7. The molecular weight excluding hydrogens is 254 g/mol. The standard InChI is InChI=1S/C16H23NO3/c1-11-5-4-8-14(20-12-6-2-3-7-12)16(11)13(17)9-10-15(18)19/h4-5,8,12-13H,2-3,6-7,9-10,17H2,1H3,(H,18,19). The first-order valence-corrected chi connectivity index (χ1v) is 7.31. The highest BCUT2D eigenvalue weighted by molar-refractivity contribution is 5.66. The first kappa shape index (κ1) is 14.9. The molecule has 110 valence electrons. The van der Waals surface area contributed by atoms with E-state index in [9.17, 15) is 4.79 Å². The van der Waals surface area contributed by atoms with Gasteiger partial charge in [-0.2, -0.15) is 0 Å². The number of aryl methyl sites for hydroxylation is 1. The van der Waals surface area contributed by atoms with Crippen LogP contribution in [0.25, 0.3) is 0 Å². The molecule has 1 aliphatic rings. The lowest BCUT2D eigenvalue weighted by Crippen LogP contribution is -2.18. The van der Waals surface area contributed by atoms with Crippen LogP contribution in [0.5, 0.6) is 5.75 Å². The molecule has 0 heterocycles. The molecule has 2 rings (SSSR count). The van der Waals surface area contributed by atoms with E-state index >= 15 is 0 Å². The number of nitrogens with two attached hydrogens (primary N) is 1. The summed E-state index contributed by atoms with van der Waals surface area (Å²) in [6.45, 7) is 2.00. The minimum Gasteiger partial charge on any atom is -0.490 e. The van der Waals surface area contributed by atoms with E-state index in [4.69, 9.17) is 15.6 Å². The third kappa shape index (κ3) is 3.73. The van der Waals surface area contributed by atoms with Gasteiger partial charge in [-0.3, -0.25) is 4.79 Å². The average molecular weight is 277 g/mol. The predicted molar refractivity (Wildman–Crippen MR) is 77.9 cm³/mol. The molecule has 0 bridgehead atoms. The van der Waals surface area contributed by atoms with Gasteiger partial charge >= 0.3 is 5.97 Å². The molecule has 0 aliphatic heterocycles. The molecule has 0 amide bonds. The number of aliphatic carboxylic acids is 1. The Labute approximate surface area is 119 Å². The topological polar surface area (TPSA) is 72.5 Å². The van der Waals surface area contributed by atoms with Crippen LogP contribution >= 0.6 is 0 Å². The number of rotatable bonds is 6. The fourth-order valence-corrected chi connectivity index (χ4v) is 2.84. The third-order valence-electron chi connectivity index (χ3n) is 3.92. The van der Waals surface area contributed by atoms with Gasteiger partial charge in [-0.05, 0) is 50.7 Å². The normalized spacial score (nSPS) is 17.1. The first-order chi connectivity index (χ1) is 9.58. The van der Waals surface area contributed by atoms with Crippen molar-refractivity contribution in [1.29, 1.82) is 0 Å². The predicted octanol–water partition coefficient (Wildman–Crippen LogP) is 3.18. The molecule has 1 aromatic rings. The van der Waals surface area contributed by atoms with Crippen molar-refractivity contribution in [3.63, 3.8) is 0 Å². The Morgan fingerprint density at radius 3 is 2.80 bits per heavy atom. The molecule has 1 fully saturated rings. The van der Waals surface area contributed by atoms with E-state index < -0.39 is 5.97 Å². The lowest BCUT2D eigenvalue weighted by atomic mass is 9.97. The van der Waals surface area contributed by atoms with Gasteiger partial charge in [0.15, 0.2) is 0 Å². The van der Waals surface area contributed by atoms with Crippen LogP contribution in [-0.4, -0.2) is 17.2 Å². The van der Waals surface area contributed by atoms with Crippen molar-refractivity contribution in [3.05, 3.63) is 29.3 Å². The highest BCUT2D eigenvalue weighted by Crippen LogP contribution is 2.33. The molecule has 1 unspecified atom stereocenters. The Kier molecular flexibility index (Phi) is 5.01. The van der Waals surface area contributed by atoms with Gasteiger partial charge in [-0.15, -0.1) is 0 Å². The Balaban J connectivity index is 2.14. The van der Waals surface area contributed by atoms with Gasteiger partial charge in [0, 0.05) is 18.0 Å². The van der Waals surface area contributed by atoms with Crippen molar-refractivity contribution in [2.45, 2.75) is 57.6 Å². The van der Waals surface area contributed by atoms with Crippen LogP contribution in [-0.2, 0) is 4.79 Å². The van der Waals surface area contributed by atoms with Crippen molar-refractivity contribution in [2.24, 2.45) is 5.73 Å². The lowest BCUT2D eigenvalue weighted by Gasteiger charge is -2.21.